The number of hydrogen-bond acceptors (Lipinski definition) is 10. The Morgan fingerprint density at radius 2 is 1.88 bits per heavy atom. The lowest BCUT2D eigenvalue weighted by Gasteiger charge is -2.46. The number of nitrogens with zero attached hydrogens (tertiary/aromatic N) is 1. The second-order valence-corrected chi connectivity index (χ2v) is 8.86. The molecule has 0 fully saturated rings. The van der Waals surface area contributed by atoms with Crippen molar-refractivity contribution < 1.29 is 28.6 Å². The monoisotopic (exact) mass is 487 g/mol. The van der Waals surface area contributed by atoms with Gasteiger partial charge in [-0.25, -0.2) is 9.78 Å². The Labute approximate surface area is 202 Å². The van der Waals surface area contributed by atoms with Gasteiger partial charge in [-0.05, 0) is 26.3 Å². The standard InChI is InChI=1S/C24H29N3O6S/c1-6-33-17(28)12-16-13-34-23(25-16)27-24(3)20(22(30)32-5)19(15-10-8-7-9-11-15)18(14(2)26-24)21(29)31-4/h7-11,13,19-20,26H,6,12H2,1-5H3,(H,25,27). The van der Waals surface area contributed by atoms with Crippen molar-refractivity contribution in [2.45, 2.75) is 38.8 Å². The van der Waals surface area contributed by atoms with Gasteiger partial charge in [0.15, 0.2) is 5.13 Å². The number of ether oxygens (including phenoxy) is 3. The van der Waals surface area contributed by atoms with E-state index in [0.717, 1.165) is 5.56 Å². The predicted molar refractivity (Wildman–Crippen MR) is 127 cm³/mol. The molecule has 0 saturated heterocycles. The van der Waals surface area contributed by atoms with Crippen LogP contribution in [0.5, 0.6) is 0 Å². The SMILES string of the molecule is CCOC(=O)Cc1csc(NC2(C)NC(C)=C(C(=O)OC)C(c3ccccc3)C2C(=O)OC)n1. The van der Waals surface area contributed by atoms with Gasteiger partial charge < -0.3 is 24.8 Å². The molecule has 9 nitrogen and oxygen atoms in total. The first-order valence-corrected chi connectivity index (χ1v) is 11.7. The molecular formula is C24H29N3O6S. The lowest BCUT2D eigenvalue weighted by atomic mass is 9.71. The maximum Gasteiger partial charge on any atom is 0.336 e. The molecule has 10 heteroatoms. The summed E-state index contributed by atoms with van der Waals surface area (Å²) in [4.78, 5) is 42.3. The highest BCUT2D eigenvalue weighted by atomic mass is 32.1. The van der Waals surface area contributed by atoms with Crippen molar-refractivity contribution in [3.05, 3.63) is 58.2 Å². The third-order valence-corrected chi connectivity index (χ3v) is 6.49. The summed E-state index contributed by atoms with van der Waals surface area (Å²) >= 11 is 1.30. The van der Waals surface area contributed by atoms with Gasteiger partial charge >= 0.3 is 17.9 Å². The van der Waals surface area contributed by atoms with Gasteiger partial charge in [0.05, 0.1) is 38.5 Å². The van der Waals surface area contributed by atoms with Gasteiger partial charge in [0.1, 0.15) is 11.6 Å². The van der Waals surface area contributed by atoms with Gasteiger partial charge in [-0.15, -0.1) is 11.3 Å². The van der Waals surface area contributed by atoms with Crippen molar-refractivity contribution in [3.63, 3.8) is 0 Å². The van der Waals surface area contributed by atoms with E-state index in [-0.39, 0.29) is 12.4 Å². The van der Waals surface area contributed by atoms with Crippen molar-refractivity contribution in [2.75, 3.05) is 26.1 Å². The molecule has 0 spiro atoms. The van der Waals surface area contributed by atoms with Crippen LogP contribution >= 0.6 is 11.3 Å². The van der Waals surface area contributed by atoms with E-state index in [4.69, 9.17) is 14.2 Å². The quantitative estimate of drug-likeness (QED) is 0.428. The maximum atomic E-state index is 13.2. The Morgan fingerprint density at radius 3 is 2.50 bits per heavy atom. The molecule has 0 saturated carbocycles. The van der Waals surface area contributed by atoms with E-state index < -0.39 is 29.4 Å². The highest BCUT2D eigenvalue weighted by molar-refractivity contribution is 7.13. The van der Waals surface area contributed by atoms with Gasteiger partial charge in [0.2, 0.25) is 0 Å². The van der Waals surface area contributed by atoms with Crippen LogP contribution in [0.2, 0.25) is 0 Å². The fourth-order valence-electron chi connectivity index (χ4n) is 4.31. The molecule has 1 aliphatic heterocycles. The fraction of sp³-hybridized carbons (Fsp3) is 0.417. The fourth-order valence-corrected chi connectivity index (χ4v) is 5.14. The zero-order chi connectivity index (χ0) is 24.9. The first kappa shape index (κ1) is 25.2. The van der Waals surface area contributed by atoms with Crippen LogP contribution in [0.4, 0.5) is 5.13 Å². The summed E-state index contributed by atoms with van der Waals surface area (Å²) in [7, 11) is 2.62. The average molecular weight is 488 g/mol. The number of esters is 3. The topological polar surface area (TPSA) is 116 Å². The van der Waals surface area contributed by atoms with E-state index in [1.165, 1.54) is 25.6 Å². The predicted octanol–water partition coefficient (Wildman–Crippen LogP) is 3.00. The summed E-state index contributed by atoms with van der Waals surface area (Å²) in [5, 5.41) is 8.86. The van der Waals surface area contributed by atoms with Crippen molar-refractivity contribution in [3.8, 4) is 0 Å². The number of allylic oxidation sites excluding steroid dienone is 1. The second kappa shape index (κ2) is 10.7. The molecule has 3 unspecified atom stereocenters. The minimum Gasteiger partial charge on any atom is -0.469 e. The minimum atomic E-state index is -1.08. The van der Waals surface area contributed by atoms with Gasteiger partial charge in [-0.3, -0.25) is 9.59 Å². The molecule has 0 radical (unpaired) electrons. The van der Waals surface area contributed by atoms with E-state index in [1.54, 1.807) is 19.2 Å². The minimum absolute atomic E-state index is 0.0503. The van der Waals surface area contributed by atoms with Crippen LogP contribution in [0.15, 0.2) is 47.0 Å². The van der Waals surface area contributed by atoms with Crippen molar-refractivity contribution in [2.24, 2.45) is 5.92 Å². The van der Waals surface area contributed by atoms with Crippen LogP contribution in [0, 0.1) is 5.92 Å². The first-order chi connectivity index (χ1) is 16.2. The highest BCUT2D eigenvalue weighted by Gasteiger charge is 2.52. The van der Waals surface area contributed by atoms with Crippen LogP contribution < -0.4 is 10.6 Å². The van der Waals surface area contributed by atoms with E-state index in [2.05, 4.69) is 15.6 Å². The number of carbonyl (C=O) groups is 3. The lowest BCUT2D eigenvalue weighted by molar-refractivity contribution is -0.149. The zero-order valence-electron chi connectivity index (χ0n) is 19.8. The number of aromatic nitrogens is 1. The van der Waals surface area contributed by atoms with Gasteiger partial charge in [0.25, 0.3) is 0 Å². The molecule has 3 rings (SSSR count). The summed E-state index contributed by atoms with van der Waals surface area (Å²) in [5.74, 6) is -2.89. The average Bonchev–Trinajstić information content (AvgIpc) is 3.24. The Bertz CT molecular complexity index is 1080. The molecule has 1 aromatic carbocycles. The second-order valence-electron chi connectivity index (χ2n) is 8.00. The number of benzene rings is 1. The molecule has 1 aliphatic rings. The van der Waals surface area contributed by atoms with Gasteiger partial charge in [-0.1, -0.05) is 30.3 Å². The van der Waals surface area contributed by atoms with Gasteiger partial charge in [-0.2, -0.15) is 0 Å². The molecule has 3 atom stereocenters. The van der Waals surface area contributed by atoms with E-state index in [9.17, 15) is 14.4 Å². The molecule has 2 heterocycles. The number of carbonyl (C=O) groups excluding carboxylic acids is 3. The van der Waals surface area contributed by atoms with Crippen LogP contribution in [0.3, 0.4) is 0 Å². The third kappa shape index (κ3) is 5.22. The molecule has 0 bridgehead atoms. The maximum absolute atomic E-state index is 13.2. The molecule has 2 N–H and O–H groups in total. The zero-order valence-corrected chi connectivity index (χ0v) is 20.7. The molecule has 34 heavy (non-hydrogen) atoms. The number of thiazole rings is 1. The summed E-state index contributed by atoms with van der Waals surface area (Å²) < 4.78 is 15.2. The van der Waals surface area contributed by atoms with E-state index >= 15 is 0 Å². The van der Waals surface area contributed by atoms with Crippen molar-refractivity contribution in [1.82, 2.24) is 10.3 Å². The number of methoxy groups -OCH3 is 2. The molecular weight excluding hydrogens is 458 g/mol. The highest BCUT2D eigenvalue weighted by Crippen LogP contribution is 2.44. The molecule has 1 aromatic heterocycles. The molecule has 0 aliphatic carbocycles. The van der Waals surface area contributed by atoms with Crippen molar-refractivity contribution >= 4 is 34.4 Å². The van der Waals surface area contributed by atoms with Crippen LogP contribution in [-0.2, 0) is 35.0 Å². The smallest absolute Gasteiger partial charge is 0.336 e. The number of anilines is 1. The van der Waals surface area contributed by atoms with Crippen LogP contribution in [0.25, 0.3) is 0 Å². The summed E-state index contributed by atoms with van der Waals surface area (Å²) in [6.07, 6.45) is 0.0503. The van der Waals surface area contributed by atoms with Crippen LogP contribution in [-0.4, -0.2) is 49.4 Å². The molecule has 0 amide bonds. The van der Waals surface area contributed by atoms with Crippen LogP contribution in [0.1, 0.15) is 37.9 Å². The number of nitrogens with one attached hydrogen (secondary N) is 2. The number of hydrogen-bond donors (Lipinski definition) is 2. The Morgan fingerprint density at radius 1 is 1.18 bits per heavy atom. The molecule has 182 valence electrons. The van der Waals surface area contributed by atoms with E-state index in [0.29, 0.717) is 28.7 Å². The lowest BCUT2D eigenvalue weighted by Crippen LogP contribution is -2.62. The Kier molecular flexibility index (Phi) is 7.93. The Hall–Kier alpha value is -3.40. The largest absolute Gasteiger partial charge is 0.469 e. The van der Waals surface area contributed by atoms with E-state index in [1.807, 2.05) is 37.3 Å². The summed E-state index contributed by atoms with van der Waals surface area (Å²) in [6.45, 7) is 5.63. The summed E-state index contributed by atoms with van der Waals surface area (Å²) in [6, 6.07) is 9.30. The first-order valence-electron chi connectivity index (χ1n) is 10.8. The van der Waals surface area contributed by atoms with Gasteiger partial charge in [0, 0.05) is 17.0 Å². The normalized spacial score (nSPS) is 21.9. The third-order valence-electron chi connectivity index (χ3n) is 5.69. The Balaban J connectivity index is 2.05. The molecule has 2 aromatic rings. The van der Waals surface area contributed by atoms with Crippen molar-refractivity contribution in [1.29, 1.82) is 0 Å². The number of rotatable bonds is 8. The summed E-state index contributed by atoms with van der Waals surface area (Å²) in [5.41, 5.74) is 1.18.